The summed E-state index contributed by atoms with van der Waals surface area (Å²) in [4.78, 5) is 24.6. The zero-order chi connectivity index (χ0) is 52.2. The molecule has 0 aliphatic rings. The lowest BCUT2D eigenvalue weighted by atomic mass is 10.0. The van der Waals surface area contributed by atoms with Crippen molar-refractivity contribution in [3.63, 3.8) is 0 Å². The van der Waals surface area contributed by atoms with Crippen LogP contribution in [0.3, 0.4) is 0 Å². The largest absolute Gasteiger partial charge is 0.466 e. The van der Waals surface area contributed by atoms with E-state index in [2.05, 4.69) is 19.2 Å². The van der Waals surface area contributed by atoms with Crippen molar-refractivity contribution in [3.8, 4) is 0 Å². The fourth-order valence-electron chi connectivity index (χ4n) is 10.5. The number of aliphatic hydroxyl groups is 2. The second kappa shape index (κ2) is 62.1. The lowest BCUT2D eigenvalue weighted by Gasteiger charge is -2.20. The fourth-order valence-corrected chi connectivity index (χ4v) is 10.5. The number of carbonyl (C=O) groups is 2. The molecule has 0 aliphatic carbocycles. The zero-order valence-corrected chi connectivity index (χ0v) is 48.9. The van der Waals surface area contributed by atoms with Gasteiger partial charge in [-0.05, 0) is 32.1 Å². The summed E-state index contributed by atoms with van der Waals surface area (Å²) in [5, 5.41) is 23.2. The normalized spacial score (nSPS) is 12.6. The van der Waals surface area contributed by atoms with Crippen LogP contribution in [-0.2, 0) is 14.3 Å². The van der Waals surface area contributed by atoms with E-state index in [0.29, 0.717) is 19.4 Å². The van der Waals surface area contributed by atoms with Crippen molar-refractivity contribution in [2.45, 2.75) is 386 Å². The minimum Gasteiger partial charge on any atom is -0.466 e. The van der Waals surface area contributed by atoms with Crippen LogP contribution in [-0.4, -0.2) is 47.4 Å². The van der Waals surface area contributed by atoms with Crippen LogP contribution in [0.5, 0.6) is 0 Å². The number of carbonyl (C=O) groups excluding carboxylic acids is 2. The molecule has 72 heavy (non-hydrogen) atoms. The topological polar surface area (TPSA) is 95.9 Å². The standard InChI is InChI=1S/C66H129NO5/c1-3-5-7-9-11-13-15-17-19-20-21-22-23-24-27-31-34-38-42-46-50-54-58-64(69)63(62-68)67-65(70)59-55-51-47-43-39-35-32-28-25-26-29-33-37-41-45-49-53-57-61-72-66(71)60-56-52-48-44-40-36-30-18-16-14-12-10-8-6-4-2/h54,58,63-64,68-69H,3-53,55-57,59-62H2,1-2H3,(H,67,70)/b58-54+. The van der Waals surface area contributed by atoms with E-state index >= 15 is 0 Å². The second-order valence-corrected chi connectivity index (χ2v) is 22.8. The Balaban J connectivity index is 3.42. The predicted molar refractivity (Wildman–Crippen MR) is 315 cm³/mol. The van der Waals surface area contributed by atoms with Gasteiger partial charge in [0.25, 0.3) is 0 Å². The maximum absolute atomic E-state index is 12.5. The van der Waals surface area contributed by atoms with Crippen LogP contribution in [0, 0.1) is 0 Å². The summed E-state index contributed by atoms with van der Waals surface area (Å²) in [6.07, 6.45) is 75.4. The van der Waals surface area contributed by atoms with Gasteiger partial charge in [0.2, 0.25) is 5.91 Å². The van der Waals surface area contributed by atoms with Crippen LogP contribution >= 0.6 is 0 Å². The number of nitrogens with one attached hydrogen (secondary N) is 1. The van der Waals surface area contributed by atoms with Gasteiger partial charge in [0.15, 0.2) is 0 Å². The first-order valence-corrected chi connectivity index (χ1v) is 33.0. The molecule has 6 heteroatoms. The maximum Gasteiger partial charge on any atom is 0.305 e. The number of unbranched alkanes of at least 4 members (excludes halogenated alkanes) is 51. The molecular weight excluding hydrogens is 887 g/mol. The highest BCUT2D eigenvalue weighted by atomic mass is 16.5. The summed E-state index contributed by atoms with van der Waals surface area (Å²) >= 11 is 0. The SMILES string of the molecule is CCCCCCCCCCCCCCCCCCCCCC/C=C/C(O)C(CO)NC(=O)CCCCCCCCCCCCCCCCCCCCOC(=O)CCCCCCCCCCCCCCCCC. The summed E-state index contributed by atoms with van der Waals surface area (Å²) in [6, 6.07) is -0.631. The Morgan fingerprint density at radius 2 is 0.639 bits per heavy atom. The number of allylic oxidation sites excluding steroid dienone is 1. The molecule has 428 valence electrons. The van der Waals surface area contributed by atoms with Crippen molar-refractivity contribution in [3.05, 3.63) is 12.2 Å². The first-order chi connectivity index (χ1) is 35.5. The van der Waals surface area contributed by atoms with Crippen molar-refractivity contribution in [1.82, 2.24) is 5.32 Å². The van der Waals surface area contributed by atoms with E-state index in [-0.39, 0.29) is 18.5 Å². The highest BCUT2D eigenvalue weighted by Crippen LogP contribution is 2.19. The molecule has 0 saturated carbocycles. The fraction of sp³-hybridized carbons (Fsp3) is 0.939. The third-order valence-corrected chi connectivity index (χ3v) is 15.6. The molecule has 0 fully saturated rings. The smallest absolute Gasteiger partial charge is 0.305 e. The first kappa shape index (κ1) is 70.6. The van der Waals surface area contributed by atoms with Gasteiger partial charge in [0.05, 0.1) is 25.4 Å². The first-order valence-electron chi connectivity index (χ1n) is 33.0. The average Bonchev–Trinajstić information content (AvgIpc) is 3.38. The molecule has 1 amide bonds. The maximum atomic E-state index is 12.5. The van der Waals surface area contributed by atoms with Crippen molar-refractivity contribution in [1.29, 1.82) is 0 Å². The number of hydrogen-bond donors (Lipinski definition) is 3. The zero-order valence-electron chi connectivity index (χ0n) is 48.9. The minimum atomic E-state index is -0.848. The van der Waals surface area contributed by atoms with Gasteiger partial charge < -0.3 is 20.3 Å². The number of hydrogen-bond acceptors (Lipinski definition) is 5. The number of esters is 1. The number of rotatable bonds is 62. The molecule has 0 rings (SSSR count). The highest BCUT2D eigenvalue weighted by Gasteiger charge is 2.18. The Hall–Kier alpha value is -1.40. The lowest BCUT2D eigenvalue weighted by molar-refractivity contribution is -0.143. The Morgan fingerprint density at radius 1 is 0.375 bits per heavy atom. The van der Waals surface area contributed by atoms with Gasteiger partial charge >= 0.3 is 5.97 Å². The van der Waals surface area contributed by atoms with E-state index < -0.39 is 12.1 Å². The van der Waals surface area contributed by atoms with E-state index in [1.165, 1.54) is 308 Å². The van der Waals surface area contributed by atoms with Crippen LogP contribution in [0.2, 0.25) is 0 Å². The van der Waals surface area contributed by atoms with Crippen LogP contribution in [0.25, 0.3) is 0 Å². The van der Waals surface area contributed by atoms with Gasteiger partial charge in [-0.1, -0.05) is 341 Å². The Kier molecular flexibility index (Phi) is 60.9. The Bertz CT molecular complexity index is 1080. The van der Waals surface area contributed by atoms with Gasteiger partial charge in [0, 0.05) is 12.8 Å². The summed E-state index contributed by atoms with van der Waals surface area (Å²) in [7, 11) is 0. The number of aliphatic hydroxyl groups excluding tert-OH is 2. The molecule has 0 aromatic rings. The van der Waals surface area contributed by atoms with Crippen molar-refractivity contribution in [2.75, 3.05) is 13.2 Å². The van der Waals surface area contributed by atoms with Crippen LogP contribution in [0.4, 0.5) is 0 Å². The van der Waals surface area contributed by atoms with E-state index in [1.54, 1.807) is 6.08 Å². The van der Waals surface area contributed by atoms with Crippen molar-refractivity contribution >= 4 is 11.9 Å². The molecule has 3 N–H and O–H groups in total. The average molecular weight is 1020 g/mol. The van der Waals surface area contributed by atoms with Crippen LogP contribution in [0.1, 0.15) is 373 Å². The molecule has 0 aromatic heterocycles. The third kappa shape index (κ3) is 57.9. The molecule has 0 spiro atoms. The number of amides is 1. The van der Waals surface area contributed by atoms with Gasteiger partial charge in [-0.25, -0.2) is 0 Å². The lowest BCUT2D eigenvalue weighted by Crippen LogP contribution is -2.45. The Morgan fingerprint density at radius 3 is 0.944 bits per heavy atom. The predicted octanol–water partition coefficient (Wildman–Crippen LogP) is 20.8. The van der Waals surface area contributed by atoms with Gasteiger partial charge in [0.1, 0.15) is 0 Å². The van der Waals surface area contributed by atoms with Crippen molar-refractivity contribution in [2.24, 2.45) is 0 Å². The summed E-state index contributed by atoms with van der Waals surface area (Å²) in [6.45, 7) is 4.94. The molecule has 2 atom stereocenters. The number of ether oxygens (including phenoxy) is 1. The second-order valence-electron chi connectivity index (χ2n) is 22.8. The third-order valence-electron chi connectivity index (χ3n) is 15.6. The molecule has 0 radical (unpaired) electrons. The van der Waals surface area contributed by atoms with Gasteiger partial charge in [-0.2, -0.15) is 0 Å². The molecular formula is C66H129NO5. The van der Waals surface area contributed by atoms with E-state index in [0.717, 1.165) is 38.5 Å². The van der Waals surface area contributed by atoms with Crippen LogP contribution < -0.4 is 5.32 Å². The summed E-state index contributed by atoms with van der Waals surface area (Å²) in [5.74, 6) is -0.0570. The Labute approximate surface area is 450 Å². The molecule has 2 unspecified atom stereocenters. The minimum absolute atomic E-state index is 0.0105. The van der Waals surface area contributed by atoms with E-state index in [9.17, 15) is 19.8 Å². The van der Waals surface area contributed by atoms with E-state index in [4.69, 9.17) is 4.74 Å². The molecule has 0 saturated heterocycles. The summed E-state index contributed by atoms with van der Waals surface area (Å²) < 4.78 is 5.49. The molecule has 6 nitrogen and oxygen atoms in total. The van der Waals surface area contributed by atoms with E-state index in [1.807, 2.05) is 6.08 Å². The van der Waals surface area contributed by atoms with Crippen molar-refractivity contribution < 1.29 is 24.5 Å². The molecule has 0 bridgehead atoms. The van der Waals surface area contributed by atoms with Gasteiger partial charge in [-0.15, -0.1) is 0 Å². The molecule has 0 aliphatic heterocycles. The molecule has 0 aromatic carbocycles. The van der Waals surface area contributed by atoms with Gasteiger partial charge in [-0.3, -0.25) is 9.59 Å². The quantitative estimate of drug-likeness (QED) is 0.0320. The van der Waals surface area contributed by atoms with Crippen LogP contribution in [0.15, 0.2) is 12.2 Å². The highest BCUT2D eigenvalue weighted by molar-refractivity contribution is 5.76. The summed E-state index contributed by atoms with van der Waals surface area (Å²) in [5.41, 5.74) is 0. The molecule has 0 heterocycles. The monoisotopic (exact) mass is 1020 g/mol.